The monoisotopic (exact) mass is 1060 g/mol. The van der Waals surface area contributed by atoms with Crippen molar-refractivity contribution in [3.8, 4) is 11.1 Å². The van der Waals surface area contributed by atoms with Gasteiger partial charge in [0.2, 0.25) is 17.7 Å². The van der Waals surface area contributed by atoms with Gasteiger partial charge in [0.15, 0.2) is 0 Å². The predicted molar refractivity (Wildman–Crippen MR) is 259 cm³/mol. The van der Waals surface area contributed by atoms with Crippen LogP contribution in [0, 0.1) is 0 Å². The van der Waals surface area contributed by atoms with Gasteiger partial charge in [-0.3, -0.25) is 28.9 Å². The number of hydrogen-bond acceptors (Lipinski definition) is 20. The van der Waals surface area contributed by atoms with Crippen LogP contribution in [0.2, 0.25) is 0 Å². The first kappa shape index (κ1) is 59.7. The fourth-order valence-electron chi connectivity index (χ4n) is 7.51. The number of carbonyl (C=O) groups excluding carboxylic acids is 5. The highest BCUT2D eigenvalue weighted by Crippen LogP contribution is 2.33. The number of ether oxygens (including phenoxy) is 8. The molecular weight excluding hydrogens is 991 g/mol. The molecule has 8 N–H and O–H groups in total. The number of amides is 5. The van der Waals surface area contributed by atoms with Crippen LogP contribution in [0.3, 0.4) is 0 Å². The van der Waals surface area contributed by atoms with Gasteiger partial charge >= 0.3 is 5.97 Å². The van der Waals surface area contributed by atoms with Gasteiger partial charge in [0.25, 0.3) is 17.6 Å². The maximum Gasteiger partial charge on any atom is 0.364 e. The van der Waals surface area contributed by atoms with E-state index >= 15 is 0 Å². The second-order valence-electron chi connectivity index (χ2n) is 17.0. The van der Waals surface area contributed by atoms with Gasteiger partial charge < -0.3 is 79.4 Å². The van der Waals surface area contributed by atoms with Crippen LogP contribution in [0.1, 0.15) is 24.1 Å². The number of carboxylic acid groups (broad SMARTS) is 1. The molecule has 0 saturated carbocycles. The smallest absolute Gasteiger partial charge is 0.364 e. The second-order valence-corrected chi connectivity index (χ2v) is 17.0. The topological polar surface area (TPSA) is 347 Å². The Morgan fingerprint density at radius 3 is 1.97 bits per heavy atom. The minimum absolute atomic E-state index is 0.0135. The van der Waals surface area contributed by atoms with Crippen LogP contribution < -0.4 is 16.0 Å². The van der Waals surface area contributed by atoms with Gasteiger partial charge in [-0.25, -0.2) is 9.48 Å². The predicted octanol–water partition coefficient (Wildman–Crippen LogP) is -2.52. The molecule has 2 aromatic carbocycles. The summed E-state index contributed by atoms with van der Waals surface area (Å²) in [7, 11) is 0. The fourth-order valence-corrected chi connectivity index (χ4v) is 7.51. The third-order valence-corrected chi connectivity index (χ3v) is 11.4. The summed E-state index contributed by atoms with van der Waals surface area (Å²) in [6, 6.07) is 15.5. The molecule has 0 spiro atoms. The van der Waals surface area contributed by atoms with Crippen LogP contribution in [0.5, 0.6) is 0 Å². The molecule has 6 atom stereocenters. The van der Waals surface area contributed by atoms with Crippen molar-refractivity contribution in [1.29, 1.82) is 0 Å². The molecule has 1 saturated heterocycles. The molecule has 1 aromatic heterocycles. The molecule has 412 valence electrons. The maximum absolute atomic E-state index is 12.8. The summed E-state index contributed by atoms with van der Waals surface area (Å²) < 4.78 is 46.0. The summed E-state index contributed by atoms with van der Waals surface area (Å²) in [5.74, 6) is -6.83. The summed E-state index contributed by atoms with van der Waals surface area (Å²) in [5.41, 5.74) is 3.25. The molecule has 3 aromatic rings. The minimum atomic E-state index is -2.56. The van der Waals surface area contributed by atoms with E-state index in [1.54, 1.807) is 23.0 Å². The molecule has 0 unspecified atom stereocenters. The largest absolute Gasteiger partial charge is 0.477 e. The molecule has 0 aliphatic carbocycles. The van der Waals surface area contributed by atoms with E-state index in [0.717, 1.165) is 16.0 Å². The van der Waals surface area contributed by atoms with Crippen molar-refractivity contribution < 1.29 is 92.2 Å². The Balaban J connectivity index is 0.886. The Bertz CT molecular complexity index is 2250. The minimum Gasteiger partial charge on any atom is -0.477 e. The van der Waals surface area contributed by atoms with E-state index in [-0.39, 0.29) is 78.1 Å². The SMILES string of the molecule is O=C(CCN1C(=O)C=CC1=O)NCCOCCOCCOCCOCc1cn(CCOCCOCCO[C@]2(C(=O)O)C[C@H](O)[C@@H](NC(=O)CO)[C@H]([C@H](O)[C@H](O)CNC(=O)Cc3ccc(-c4ccccc4)cc3)O2)nn1. The van der Waals surface area contributed by atoms with E-state index in [9.17, 15) is 54.3 Å². The number of benzene rings is 2. The van der Waals surface area contributed by atoms with Gasteiger partial charge in [0.1, 0.15) is 24.5 Å². The van der Waals surface area contributed by atoms with Crippen LogP contribution in [0.4, 0.5) is 0 Å². The van der Waals surface area contributed by atoms with Crippen LogP contribution in [0.25, 0.3) is 11.1 Å². The third kappa shape index (κ3) is 20.5. The van der Waals surface area contributed by atoms with Crippen molar-refractivity contribution in [3.05, 3.63) is 84.2 Å². The van der Waals surface area contributed by atoms with Crippen molar-refractivity contribution in [3.63, 3.8) is 0 Å². The Labute approximate surface area is 432 Å². The maximum atomic E-state index is 12.8. The number of aliphatic hydroxyl groups is 4. The van der Waals surface area contributed by atoms with Crippen molar-refractivity contribution in [1.82, 2.24) is 35.8 Å². The Kier molecular flexibility index (Phi) is 25.8. The number of aliphatic hydroxyl groups excluding tert-OH is 4. The molecule has 0 bridgehead atoms. The Morgan fingerprint density at radius 2 is 1.33 bits per heavy atom. The van der Waals surface area contributed by atoms with Gasteiger partial charge in [-0.15, -0.1) is 5.10 Å². The average Bonchev–Trinajstić information content (AvgIpc) is 4.01. The van der Waals surface area contributed by atoms with E-state index in [0.29, 0.717) is 57.4 Å². The molecule has 5 amide bonds. The number of carboxylic acids is 1. The summed E-state index contributed by atoms with van der Waals surface area (Å²) in [6.45, 7) is 1.74. The number of nitrogens with zero attached hydrogens (tertiary/aromatic N) is 4. The number of hydrogen-bond donors (Lipinski definition) is 8. The summed E-state index contributed by atoms with van der Waals surface area (Å²) >= 11 is 0. The number of carbonyl (C=O) groups is 6. The van der Waals surface area contributed by atoms with Gasteiger partial charge in [-0.1, -0.05) is 59.8 Å². The summed E-state index contributed by atoms with van der Waals surface area (Å²) in [6.07, 6.45) is -3.93. The second kappa shape index (κ2) is 32.3. The normalized spacial score (nSPS) is 19.3. The molecule has 2 aliphatic rings. The molecule has 3 heterocycles. The number of rotatable bonds is 37. The average molecular weight is 1060 g/mol. The van der Waals surface area contributed by atoms with Gasteiger partial charge in [0.05, 0.1) is 123 Å². The molecule has 2 aliphatic heterocycles. The van der Waals surface area contributed by atoms with Crippen LogP contribution >= 0.6 is 0 Å². The van der Waals surface area contributed by atoms with Crippen LogP contribution in [-0.4, -0.2) is 223 Å². The lowest BCUT2D eigenvalue weighted by molar-refractivity contribution is -0.312. The first-order valence-electron chi connectivity index (χ1n) is 24.3. The van der Waals surface area contributed by atoms with E-state index < -0.39 is 85.4 Å². The number of imide groups is 1. The molecule has 5 rings (SSSR count). The Morgan fingerprint density at radius 1 is 0.733 bits per heavy atom. The van der Waals surface area contributed by atoms with Crippen molar-refractivity contribution in [2.24, 2.45) is 0 Å². The number of aliphatic carboxylic acids is 1. The van der Waals surface area contributed by atoms with Crippen molar-refractivity contribution >= 4 is 35.5 Å². The molecule has 75 heavy (non-hydrogen) atoms. The first-order chi connectivity index (χ1) is 36.3. The highest BCUT2D eigenvalue weighted by Gasteiger charge is 2.56. The molecule has 26 nitrogen and oxygen atoms in total. The van der Waals surface area contributed by atoms with E-state index in [2.05, 4.69) is 26.3 Å². The fraction of sp³-hybridized carbons (Fsp3) is 0.551. The lowest BCUT2D eigenvalue weighted by Gasteiger charge is -2.46. The quantitative estimate of drug-likeness (QED) is 0.0218. The zero-order valence-electron chi connectivity index (χ0n) is 41.4. The Hall–Kier alpha value is -6.14. The van der Waals surface area contributed by atoms with E-state index in [1.807, 2.05) is 42.5 Å². The number of aromatic nitrogens is 3. The highest BCUT2D eigenvalue weighted by molar-refractivity contribution is 6.13. The zero-order chi connectivity index (χ0) is 53.8. The number of nitrogens with one attached hydrogen (secondary N) is 3. The van der Waals surface area contributed by atoms with E-state index in [1.165, 1.54) is 12.2 Å². The summed E-state index contributed by atoms with van der Waals surface area (Å²) in [4.78, 5) is 73.5. The van der Waals surface area contributed by atoms with Crippen LogP contribution in [0.15, 0.2) is 72.9 Å². The third-order valence-electron chi connectivity index (χ3n) is 11.4. The molecule has 0 radical (unpaired) electrons. The molecular formula is C49H67N7O19. The highest BCUT2D eigenvalue weighted by atomic mass is 16.7. The lowest BCUT2D eigenvalue weighted by atomic mass is 9.88. The van der Waals surface area contributed by atoms with Crippen molar-refractivity contribution in [2.45, 2.75) is 68.7 Å². The van der Waals surface area contributed by atoms with Gasteiger partial charge in [-0.2, -0.15) is 0 Å². The lowest BCUT2D eigenvalue weighted by Crippen LogP contribution is -2.68. The van der Waals surface area contributed by atoms with Gasteiger partial charge in [-0.05, 0) is 16.7 Å². The summed E-state index contributed by atoms with van der Waals surface area (Å²) in [5, 5.41) is 68.4. The van der Waals surface area contributed by atoms with Crippen molar-refractivity contribution in [2.75, 3.05) is 106 Å². The molecule has 1 fully saturated rings. The first-order valence-corrected chi connectivity index (χ1v) is 24.3. The standard InChI is InChI=1S/C49H67N7O19/c57-32-42(62)52-45-38(58)29-49(48(66)67,75-47(45)46(65)39(59)30-51-41(61)28-34-6-8-36(9-7-34)35-4-2-1-3-5-35)74-27-26-72-21-19-69-17-15-55-31-37(53-54-55)33-73-25-24-71-23-22-70-20-18-68-16-13-50-40(60)12-14-56-43(63)10-11-44(56)64/h1-11,31,38-39,45-47,57-59,65H,12-30,32-33H2,(H,50,60)(H,51,61)(H,52,62)(H,66,67)/t38-,39+,45+,46+,47+,49+/m0/s1. The van der Waals surface area contributed by atoms with Gasteiger partial charge in [0, 0.05) is 44.6 Å². The zero-order valence-corrected chi connectivity index (χ0v) is 41.4. The van der Waals surface area contributed by atoms with Crippen LogP contribution in [-0.2, 0) is 86.2 Å². The van der Waals surface area contributed by atoms with E-state index in [4.69, 9.17) is 37.9 Å². The molecule has 26 heteroatoms.